The lowest BCUT2D eigenvalue weighted by Gasteiger charge is -2.21. The van der Waals surface area contributed by atoms with Gasteiger partial charge in [-0.25, -0.2) is 0 Å². The molecular weight excluding hydrogens is 382 g/mol. The molecule has 0 aromatic heterocycles. The third-order valence-electron chi connectivity index (χ3n) is 6.30. The van der Waals surface area contributed by atoms with Crippen molar-refractivity contribution in [2.45, 2.75) is 45.1 Å². The van der Waals surface area contributed by atoms with Gasteiger partial charge in [-0.1, -0.05) is 78.9 Å². The first-order valence-electron chi connectivity index (χ1n) is 11.3. The van der Waals surface area contributed by atoms with Gasteiger partial charge in [-0.3, -0.25) is 0 Å². The number of benzene rings is 3. The van der Waals surface area contributed by atoms with Gasteiger partial charge in [0.2, 0.25) is 0 Å². The molecule has 0 amide bonds. The fraction of sp³-hybridized carbons (Fsp3) is 0.357. The van der Waals surface area contributed by atoms with Gasteiger partial charge in [0.15, 0.2) is 0 Å². The van der Waals surface area contributed by atoms with Crippen LogP contribution in [0.1, 0.15) is 36.0 Å². The summed E-state index contributed by atoms with van der Waals surface area (Å²) in [4.78, 5) is 2.41. The molecule has 1 aliphatic rings. The molecule has 3 heteroatoms. The van der Waals surface area contributed by atoms with E-state index in [0.29, 0.717) is 18.6 Å². The van der Waals surface area contributed by atoms with Crippen molar-refractivity contribution in [2.24, 2.45) is 5.92 Å². The Morgan fingerprint density at radius 3 is 2.35 bits per heavy atom. The van der Waals surface area contributed by atoms with Gasteiger partial charge in [-0.2, -0.15) is 0 Å². The molecule has 3 aromatic carbocycles. The van der Waals surface area contributed by atoms with E-state index in [-0.39, 0.29) is 6.61 Å². The Balaban J connectivity index is 1.26. The van der Waals surface area contributed by atoms with E-state index in [1.165, 1.54) is 28.7 Å². The second-order valence-electron chi connectivity index (χ2n) is 8.81. The average molecular weight is 416 g/mol. The van der Waals surface area contributed by atoms with E-state index in [1.54, 1.807) is 0 Å². The molecule has 4 rings (SSSR count). The van der Waals surface area contributed by atoms with Crippen LogP contribution >= 0.6 is 0 Å². The Hall–Kier alpha value is -2.46. The minimum atomic E-state index is 0.107. The van der Waals surface area contributed by atoms with Gasteiger partial charge in [0.1, 0.15) is 0 Å². The number of hydrogen-bond donors (Lipinski definition) is 1. The summed E-state index contributed by atoms with van der Waals surface area (Å²) < 4.78 is 6.36. The molecule has 0 bridgehead atoms. The topological polar surface area (TPSA) is 32.7 Å². The summed E-state index contributed by atoms with van der Waals surface area (Å²) in [6, 6.07) is 27.4. The van der Waals surface area contributed by atoms with Crippen molar-refractivity contribution in [1.82, 2.24) is 4.90 Å². The Kier molecular flexibility index (Phi) is 7.52. The smallest absolute Gasteiger partial charge is 0.0726 e. The minimum absolute atomic E-state index is 0.107. The summed E-state index contributed by atoms with van der Waals surface area (Å²) in [5, 5.41) is 9.19. The number of aliphatic hydroxyl groups is 1. The van der Waals surface area contributed by atoms with E-state index < -0.39 is 0 Å². The van der Waals surface area contributed by atoms with Crippen molar-refractivity contribution in [3.05, 3.63) is 95.6 Å². The van der Waals surface area contributed by atoms with Crippen LogP contribution in [0.25, 0.3) is 11.1 Å². The zero-order chi connectivity index (χ0) is 21.5. The normalized spacial score (nSPS) is 18.5. The standard InChI is InChI=1S/C28H33NO2/c1-29(18-22-11-13-23(20-30)14-12-22)19-24-15-16-27(17-24)31-21-26-9-5-6-10-28(26)25-7-3-2-4-8-25/h2-14,24,27,30H,15-21H2,1H3/t24-,27?/m0/s1. The molecule has 1 N–H and O–H groups in total. The maximum absolute atomic E-state index is 9.19. The molecule has 31 heavy (non-hydrogen) atoms. The number of nitrogens with zero attached hydrogens (tertiary/aromatic N) is 1. The van der Waals surface area contributed by atoms with E-state index in [9.17, 15) is 5.11 Å². The summed E-state index contributed by atoms with van der Waals surface area (Å²) in [6.45, 7) is 2.82. The number of aliphatic hydroxyl groups excluding tert-OH is 1. The van der Waals surface area contributed by atoms with Gasteiger partial charge in [-0.15, -0.1) is 0 Å². The molecule has 0 heterocycles. The molecule has 1 fully saturated rings. The SMILES string of the molecule is CN(Cc1ccc(CO)cc1)C[C@H]1CCC(OCc2ccccc2-c2ccccc2)C1. The molecule has 0 radical (unpaired) electrons. The van der Waals surface area contributed by atoms with Crippen molar-refractivity contribution < 1.29 is 9.84 Å². The lowest BCUT2D eigenvalue weighted by atomic mass is 10.0. The molecule has 2 atom stereocenters. The van der Waals surface area contributed by atoms with Gasteiger partial charge in [0.25, 0.3) is 0 Å². The quantitative estimate of drug-likeness (QED) is 0.489. The first-order valence-corrected chi connectivity index (χ1v) is 11.3. The first kappa shape index (κ1) is 21.8. The Morgan fingerprint density at radius 1 is 0.871 bits per heavy atom. The van der Waals surface area contributed by atoms with E-state index >= 15 is 0 Å². The molecule has 0 spiro atoms. The largest absolute Gasteiger partial charge is 0.392 e. The molecule has 1 saturated carbocycles. The molecule has 0 aliphatic heterocycles. The zero-order valence-electron chi connectivity index (χ0n) is 18.4. The van der Waals surface area contributed by atoms with E-state index in [4.69, 9.17) is 4.74 Å². The zero-order valence-corrected chi connectivity index (χ0v) is 18.4. The van der Waals surface area contributed by atoms with Crippen LogP contribution in [0, 0.1) is 5.92 Å². The molecule has 3 aromatic rings. The molecule has 1 aliphatic carbocycles. The average Bonchev–Trinajstić information content (AvgIpc) is 3.26. The van der Waals surface area contributed by atoms with Gasteiger partial charge >= 0.3 is 0 Å². The Bertz CT molecular complexity index is 939. The van der Waals surface area contributed by atoms with Crippen molar-refractivity contribution in [2.75, 3.05) is 13.6 Å². The predicted molar refractivity (Wildman–Crippen MR) is 126 cm³/mol. The highest BCUT2D eigenvalue weighted by Gasteiger charge is 2.26. The summed E-state index contributed by atoms with van der Waals surface area (Å²) in [7, 11) is 2.20. The van der Waals surface area contributed by atoms with Gasteiger partial charge in [0, 0.05) is 13.1 Å². The molecule has 0 saturated heterocycles. The van der Waals surface area contributed by atoms with E-state index in [0.717, 1.165) is 31.5 Å². The summed E-state index contributed by atoms with van der Waals surface area (Å²) in [5.74, 6) is 0.691. The fourth-order valence-corrected chi connectivity index (χ4v) is 4.67. The van der Waals surface area contributed by atoms with Crippen LogP contribution in [0.3, 0.4) is 0 Å². The van der Waals surface area contributed by atoms with Crippen LogP contribution in [0.15, 0.2) is 78.9 Å². The molecule has 3 nitrogen and oxygen atoms in total. The number of rotatable bonds is 9. The van der Waals surface area contributed by atoms with Crippen LogP contribution in [-0.4, -0.2) is 29.7 Å². The monoisotopic (exact) mass is 415 g/mol. The molecule has 162 valence electrons. The second-order valence-corrected chi connectivity index (χ2v) is 8.81. The maximum atomic E-state index is 9.19. The second kappa shape index (κ2) is 10.7. The van der Waals surface area contributed by atoms with E-state index in [1.807, 2.05) is 12.1 Å². The molecule has 1 unspecified atom stereocenters. The lowest BCUT2D eigenvalue weighted by Crippen LogP contribution is -2.24. The van der Waals surface area contributed by atoms with Crippen LogP contribution in [0.2, 0.25) is 0 Å². The van der Waals surface area contributed by atoms with Crippen LogP contribution < -0.4 is 0 Å². The van der Waals surface area contributed by atoms with Gasteiger partial charge in [-0.05, 0) is 60.0 Å². The summed E-state index contributed by atoms with van der Waals surface area (Å²) >= 11 is 0. The Morgan fingerprint density at radius 2 is 1.58 bits per heavy atom. The van der Waals surface area contributed by atoms with Crippen LogP contribution in [0.5, 0.6) is 0 Å². The van der Waals surface area contributed by atoms with Crippen molar-refractivity contribution in [1.29, 1.82) is 0 Å². The van der Waals surface area contributed by atoms with Crippen LogP contribution in [0.4, 0.5) is 0 Å². The van der Waals surface area contributed by atoms with Gasteiger partial charge in [0.05, 0.1) is 19.3 Å². The summed E-state index contributed by atoms with van der Waals surface area (Å²) in [6.07, 6.45) is 3.88. The third-order valence-corrected chi connectivity index (χ3v) is 6.30. The van der Waals surface area contributed by atoms with Crippen LogP contribution in [-0.2, 0) is 24.5 Å². The molecular formula is C28H33NO2. The fourth-order valence-electron chi connectivity index (χ4n) is 4.67. The van der Waals surface area contributed by atoms with Crippen molar-refractivity contribution in [3.63, 3.8) is 0 Å². The lowest BCUT2D eigenvalue weighted by molar-refractivity contribution is 0.0421. The van der Waals surface area contributed by atoms with Gasteiger partial charge < -0.3 is 14.7 Å². The minimum Gasteiger partial charge on any atom is -0.392 e. The van der Waals surface area contributed by atoms with Crippen molar-refractivity contribution >= 4 is 0 Å². The van der Waals surface area contributed by atoms with Crippen molar-refractivity contribution in [3.8, 4) is 11.1 Å². The van der Waals surface area contributed by atoms with E-state index in [2.05, 4.69) is 78.7 Å². The first-order chi connectivity index (χ1) is 15.2. The third kappa shape index (κ3) is 6.04. The highest BCUT2D eigenvalue weighted by atomic mass is 16.5. The highest BCUT2D eigenvalue weighted by Crippen LogP contribution is 2.31. The Labute approximate surface area is 186 Å². The summed E-state index contributed by atoms with van der Waals surface area (Å²) in [5.41, 5.74) is 6.05. The number of ether oxygens (including phenoxy) is 1. The number of hydrogen-bond acceptors (Lipinski definition) is 3. The highest BCUT2D eigenvalue weighted by molar-refractivity contribution is 5.67. The predicted octanol–water partition coefficient (Wildman–Crippen LogP) is 5.66. The maximum Gasteiger partial charge on any atom is 0.0726 e.